The summed E-state index contributed by atoms with van der Waals surface area (Å²) in [6.07, 6.45) is 0.517. The van der Waals surface area contributed by atoms with Crippen molar-refractivity contribution in [2.45, 2.75) is 38.9 Å². The molecule has 0 radical (unpaired) electrons. The fourth-order valence-electron chi connectivity index (χ4n) is 3.10. The number of para-hydroxylation sites is 2. The number of nitrogens with zero attached hydrogens (tertiary/aromatic N) is 2. The fourth-order valence-corrected chi connectivity index (χ4v) is 3.10. The summed E-state index contributed by atoms with van der Waals surface area (Å²) in [5.41, 5.74) is 9.15. The Morgan fingerprint density at radius 3 is 2.56 bits per heavy atom. The van der Waals surface area contributed by atoms with E-state index in [1.54, 1.807) is 0 Å². The van der Waals surface area contributed by atoms with E-state index in [0.29, 0.717) is 6.42 Å². The molecule has 3 rings (SSSR count). The number of fused-ring (bicyclic) bond motifs is 1. The number of aromatic nitrogens is 2. The molecule has 2 aromatic carbocycles. The molecule has 0 fully saturated rings. The predicted molar refractivity (Wildman–Crippen MR) is 100 cm³/mol. The van der Waals surface area contributed by atoms with Crippen molar-refractivity contribution in [3.8, 4) is 0 Å². The minimum atomic E-state index is -0.579. The van der Waals surface area contributed by atoms with E-state index in [2.05, 4.69) is 21.8 Å². The van der Waals surface area contributed by atoms with Crippen LogP contribution < -0.4 is 11.1 Å². The summed E-state index contributed by atoms with van der Waals surface area (Å²) in [6, 6.07) is 17.0. The molecule has 2 unspecified atom stereocenters. The topological polar surface area (TPSA) is 72.9 Å². The molecule has 0 aliphatic heterocycles. The average molecular weight is 336 g/mol. The number of nitrogens with one attached hydrogen (secondary N) is 1. The number of amides is 1. The van der Waals surface area contributed by atoms with Crippen molar-refractivity contribution >= 4 is 16.9 Å². The first kappa shape index (κ1) is 17.2. The number of benzene rings is 2. The number of hydrogen-bond donors (Lipinski definition) is 2. The van der Waals surface area contributed by atoms with Gasteiger partial charge in [0.15, 0.2) is 0 Å². The van der Waals surface area contributed by atoms with Crippen molar-refractivity contribution in [1.82, 2.24) is 14.9 Å². The number of rotatable bonds is 6. The largest absolute Gasteiger partial charge is 0.345 e. The molecule has 3 aromatic rings. The zero-order valence-corrected chi connectivity index (χ0v) is 14.6. The van der Waals surface area contributed by atoms with Crippen molar-refractivity contribution in [1.29, 1.82) is 0 Å². The molecule has 0 aliphatic carbocycles. The number of nitrogens with two attached hydrogens (primary N) is 1. The van der Waals surface area contributed by atoms with E-state index in [0.717, 1.165) is 29.0 Å². The van der Waals surface area contributed by atoms with E-state index >= 15 is 0 Å². The lowest BCUT2D eigenvalue weighted by atomic mass is 10.1. The second-order valence-corrected chi connectivity index (χ2v) is 6.23. The molecule has 3 N–H and O–H groups in total. The summed E-state index contributed by atoms with van der Waals surface area (Å²) < 4.78 is 2.13. The summed E-state index contributed by atoms with van der Waals surface area (Å²) in [6.45, 7) is 4.82. The van der Waals surface area contributed by atoms with E-state index in [4.69, 9.17) is 5.73 Å². The zero-order chi connectivity index (χ0) is 17.8. The smallest absolute Gasteiger partial charge is 0.237 e. The highest BCUT2D eigenvalue weighted by molar-refractivity contribution is 5.82. The number of imidazole rings is 1. The van der Waals surface area contributed by atoms with E-state index in [1.165, 1.54) is 0 Å². The molecule has 0 spiro atoms. The summed E-state index contributed by atoms with van der Waals surface area (Å²) in [4.78, 5) is 17.2. The highest BCUT2D eigenvalue weighted by atomic mass is 16.2. The summed E-state index contributed by atoms with van der Waals surface area (Å²) in [7, 11) is 0. The van der Waals surface area contributed by atoms with Crippen molar-refractivity contribution in [2.24, 2.45) is 5.73 Å². The molecule has 5 nitrogen and oxygen atoms in total. The lowest BCUT2D eigenvalue weighted by Crippen LogP contribution is -2.43. The molecule has 1 aromatic heterocycles. The lowest BCUT2D eigenvalue weighted by molar-refractivity contribution is -0.123. The van der Waals surface area contributed by atoms with Gasteiger partial charge in [-0.25, -0.2) is 4.98 Å². The van der Waals surface area contributed by atoms with Crippen LogP contribution >= 0.6 is 0 Å². The van der Waals surface area contributed by atoms with Crippen molar-refractivity contribution in [3.05, 3.63) is 66.0 Å². The SMILES string of the molecule is CCn1c(C(C)NC(=O)C(N)Cc2ccccc2)nc2ccccc21. The number of hydrogen-bond acceptors (Lipinski definition) is 3. The van der Waals surface area contributed by atoms with Crippen LogP contribution in [0, 0.1) is 0 Å². The molecule has 2 atom stereocenters. The van der Waals surface area contributed by atoms with Crippen LogP contribution in [0.15, 0.2) is 54.6 Å². The fraction of sp³-hybridized carbons (Fsp3) is 0.300. The van der Waals surface area contributed by atoms with Gasteiger partial charge in [-0.1, -0.05) is 42.5 Å². The highest BCUT2D eigenvalue weighted by Crippen LogP contribution is 2.20. The van der Waals surface area contributed by atoms with Gasteiger partial charge < -0.3 is 15.6 Å². The molecule has 0 saturated carbocycles. The first-order valence-corrected chi connectivity index (χ1v) is 8.65. The van der Waals surface area contributed by atoms with Gasteiger partial charge in [0.2, 0.25) is 5.91 Å². The van der Waals surface area contributed by atoms with Crippen molar-refractivity contribution in [3.63, 3.8) is 0 Å². The Hall–Kier alpha value is -2.66. The van der Waals surface area contributed by atoms with E-state index < -0.39 is 6.04 Å². The molecule has 25 heavy (non-hydrogen) atoms. The standard InChI is InChI=1S/C20H24N4O/c1-3-24-18-12-8-7-11-17(18)23-19(24)14(2)22-20(25)16(21)13-15-9-5-4-6-10-15/h4-12,14,16H,3,13,21H2,1-2H3,(H,22,25). The highest BCUT2D eigenvalue weighted by Gasteiger charge is 2.21. The Morgan fingerprint density at radius 1 is 1.16 bits per heavy atom. The molecule has 0 saturated heterocycles. The Labute approximate surface area is 147 Å². The molecule has 1 heterocycles. The van der Waals surface area contributed by atoms with Crippen LogP contribution in [0.25, 0.3) is 11.0 Å². The Balaban J connectivity index is 1.73. The predicted octanol–water partition coefficient (Wildman–Crippen LogP) is 2.80. The molecule has 5 heteroatoms. The number of carbonyl (C=O) groups excluding carboxylic acids is 1. The monoisotopic (exact) mass is 336 g/mol. The Morgan fingerprint density at radius 2 is 1.84 bits per heavy atom. The van der Waals surface area contributed by atoms with Crippen LogP contribution in [-0.2, 0) is 17.8 Å². The van der Waals surface area contributed by atoms with Gasteiger partial charge in [-0.05, 0) is 38.0 Å². The van der Waals surface area contributed by atoms with Crippen LogP contribution in [0.2, 0.25) is 0 Å². The van der Waals surface area contributed by atoms with Gasteiger partial charge >= 0.3 is 0 Å². The van der Waals surface area contributed by atoms with E-state index in [9.17, 15) is 4.79 Å². The van der Waals surface area contributed by atoms with Crippen LogP contribution in [0.1, 0.15) is 31.3 Å². The first-order valence-electron chi connectivity index (χ1n) is 8.65. The maximum absolute atomic E-state index is 12.5. The molecule has 0 bridgehead atoms. The third kappa shape index (κ3) is 3.72. The van der Waals surface area contributed by atoms with Crippen molar-refractivity contribution < 1.29 is 4.79 Å². The molecule has 0 aliphatic rings. The molecule has 130 valence electrons. The van der Waals surface area contributed by atoms with Gasteiger partial charge in [0.25, 0.3) is 0 Å². The molecular weight excluding hydrogens is 312 g/mol. The van der Waals surface area contributed by atoms with Crippen LogP contribution in [-0.4, -0.2) is 21.5 Å². The maximum atomic E-state index is 12.5. The van der Waals surface area contributed by atoms with Gasteiger partial charge in [0.05, 0.1) is 23.1 Å². The third-order valence-electron chi connectivity index (χ3n) is 4.38. The summed E-state index contributed by atoms with van der Waals surface area (Å²) in [5, 5.41) is 3.00. The van der Waals surface area contributed by atoms with Gasteiger partial charge in [-0.2, -0.15) is 0 Å². The Bertz CT molecular complexity index is 857. The zero-order valence-electron chi connectivity index (χ0n) is 14.6. The molecule has 1 amide bonds. The lowest BCUT2D eigenvalue weighted by Gasteiger charge is -2.18. The third-order valence-corrected chi connectivity index (χ3v) is 4.38. The van der Waals surface area contributed by atoms with Gasteiger partial charge in [0, 0.05) is 6.54 Å². The van der Waals surface area contributed by atoms with Crippen molar-refractivity contribution in [2.75, 3.05) is 0 Å². The maximum Gasteiger partial charge on any atom is 0.237 e. The van der Waals surface area contributed by atoms with E-state index in [1.807, 2.05) is 61.5 Å². The van der Waals surface area contributed by atoms with Gasteiger partial charge in [-0.15, -0.1) is 0 Å². The molecular formula is C20H24N4O. The first-order chi connectivity index (χ1) is 12.1. The van der Waals surface area contributed by atoms with Crippen LogP contribution in [0.5, 0.6) is 0 Å². The van der Waals surface area contributed by atoms with Gasteiger partial charge in [0.1, 0.15) is 5.82 Å². The van der Waals surface area contributed by atoms with E-state index in [-0.39, 0.29) is 11.9 Å². The van der Waals surface area contributed by atoms with Crippen LogP contribution in [0.4, 0.5) is 0 Å². The minimum Gasteiger partial charge on any atom is -0.345 e. The van der Waals surface area contributed by atoms with Gasteiger partial charge in [-0.3, -0.25) is 4.79 Å². The Kier molecular flexibility index (Phi) is 5.14. The average Bonchev–Trinajstić information content (AvgIpc) is 3.01. The summed E-state index contributed by atoms with van der Waals surface area (Å²) >= 11 is 0. The summed E-state index contributed by atoms with van der Waals surface area (Å²) in [5.74, 6) is 0.690. The second kappa shape index (κ2) is 7.49. The second-order valence-electron chi connectivity index (χ2n) is 6.23. The van der Waals surface area contributed by atoms with Crippen LogP contribution in [0.3, 0.4) is 0 Å². The quantitative estimate of drug-likeness (QED) is 0.727. The normalized spacial score (nSPS) is 13.6. The minimum absolute atomic E-state index is 0.161. The number of carbonyl (C=O) groups is 1. The number of aryl methyl sites for hydroxylation is 1.